The second kappa shape index (κ2) is 8.97. The van der Waals surface area contributed by atoms with Gasteiger partial charge in [0.1, 0.15) is 5.82 Å². The third-order valence-electron chi connectivity index (χ3n) is 4.40. The Hall–Kier alpha value is -2.71. The van der Waals surface area contributed by atoms with Crippen LogP contribution in [0.2, 0.25) is 0 Å². The first-order valence-electron chi connectivity index (χ1n) is 9.62. The fourth-order valence-electron chi connectivity index (χ4n) is 3.03. The molecular weight excluding hydrogens is 419 g/mol. The highest BCUT2D eigenvalue weighted by atomic mass is 32.2. The second-order valence-electron chi connectivity index (χ2n) is 7.03. The summed E-state index contributed by atoms with van der Waals surface area (Å²) < 4.78 is 16.1. The van der Waals surface area contributed by atoms with Crippen LogP contribution in [0.25, 0.3) is 10.2 Å². The number of aromatic nitrogens is 3. The van der Waals surface area contributed by atoms with Crippen molar-refractivity contribution in [1.82, 2.24) is 14.8 Å². The van der Waals surface area contributed by atoms with Gasteiger partial charge in [0.15, 0.2) is 5.13 Å². The molecule has 0 aliphatic heterocycles. The van der Waals surface area contributed by atoms with Crippen LogP contribution in [0.15, 0.2) is 65.8 Å². The number of halogens is 1. The molecule has 2 heterocycles. The maximum absolute atomic E-state index is 13.6. The number of carbonyl (C=O) groups is 1. The van der Waals surface area contributed by atoms with Gasteiger partial charge in [-0.15, -0.1) is 11.8 Å². The summed E-state index contributed by atoms with van der Waals surface area (Å²) in [5.41, 5.74) is 1.27. The highest BCUT2D eigenvalue weighted by Crippen LogP contribution is 2.31. The Kier molecular flexibility index (Phi) is 6.15. The van der Waals surface area contributed by atoms with Crippen molar-refractivity contribution in [2.45, 2.75) is 30.5 Å². The molecule has 0 aliphatic rings. The minimum Gasteiger partial charge on any atom is -0.282 e. The molecule has 0 saturated heterocycles. The Bertz CT molecular complexity index is 1140. The van der Waals surface area contributed by atoms with Crippen LogP contribution < -0.4 is 4.90 Å². The number of amides is 1. The van der Waals surface area contributed by atoms with Crippen molar-refractivity contribution in [3.05, 3.63) is 72.3 Å². The lowest BCUT2D eigenvalue weighted by Crippen LogP contribution is -2.34. The molecule has 0 bridgehead atoms. The fourth-order valence-corrected chi connectivity index (χ4v) is 4.88. The van der Waals surface area contributed by atoms with Gasteiger partial charge in [-0.3, -0.25) is 14.4 Å². The smallest absolute Gasteiger partial charge is 0.260 e. The maximum atomic E-state index is 13.6. The Balaban J connectivity index is 1.63. The molecule has 1 amide bonds. The minimum absolute atomic E-state index is 0.136. The molecule has 5 nitrogen and oxygen atoms in total. The van der Waals surface area contributed by atoms with Crippen LogP contribution in [0.1, 0.15) is 24.2 Å². The summed E-state index contributed by atoms with van der Waals surface area (Å²) >= 11 is 3.07. The number of hydrogen-bond acceptors (Lipinski definition) is 5. The molecular formula is C22H21FN4OS2. The first-order valence-corrected chi connectivity index (χ1v) is 11.3. The van der Waals surface area contributed by atoms with E-state index in [1.807, 2.05) is 36.5 Å². The van der Waals surface area contributed by atoms with Crippen LogP contribution in [0.4, 0.5) is 9.52 Å². The van der Waals surface area contributed by atoms with Gasteiger partial charge in [0.2, 0.25) is 0 Å². The first kappa shape index (κ1) is 20.6. The molecule has 8 heteroatoms. The van der Waals surface area contributed by atoms with E-state index in [1.165, 1.54) is 23.5 Å². The van der Waals surface area contributed by atoms with E-state index in [4.69, 9.17) is 0 Å². The Labute approximate surface area is 182 Å². The molecule has 2 aromatic heterocycles. The van der Waals surface area contributed by atoms with E-state index < -0.39 is 0 Å². The average molecular weight is 441 g/mol. The molecule has 0 N–H and O–H groups in total. The van der Waals surface area contributed by atoms with E-state index in [2.05, 4.69) is 23.9 Å². The fraction of sp³-hybridized carbons (Fsp3) is 0.227. The molecule has 0 saturated carbocycles. The van der Waals surface area contributed by atoms with Gasteiger partial charge >= 0.3 is 0 Å². The summed E-state index contributed by atoms with van der Waals surface area (Å²) in [5, 5.41) is 5.24. The van der Waals surface area contributed by atoms with Gasteiger partial charge in [0, 0.05) is 34.6 Å². The standard InChI is InChI=1S/C22H21FN4OS2/c1-15(2)29-18-7-4-16(5-8-18)21(28)27(13-12-26-11-3-10-24-26)22-25-19-9-6-17(23)14-20(19)30-22/h3-11,14-15H,12-13H2,1-2H3. The number of hydrogen-bond donors (Lipinski definition) is 0. The first-order chi connectivity index (χ1) is 14.5. The number of thioether (sulfide) groups is 1. The number of fused-ring (bicyclic) bond motifs is 1. The second-order valence-corrected chi connectivity index (χ2v) is 9.68. The van der Waals surface area contributed by atoms with Crippen molar-refractivity contribution < 1.29 is 9.18 Å². The van der Waals surface area contributed by atoms with Crippen molar-refractivity contribution in [2.24, 2.45) is 0 Å². The summed E-state index contributed by atoms with van der Waals surface area (Å²) in [6, 6.07) is 13.9. The molecule has 0 fully saturated rings. The van der Waals surface area contributed by atoms with Crippen molar-refractivity contribution in [3.63, 3.8) is 0 Å². The Morgan fingerprint density at radius 1 is 1.23 bits per heavy atom. The third-order valence-corrected chi connectivity index (χ3v) is 6.46. The van der Waals surface area contributed by atoms with E-state index in [9.17, 15) is 9.18 Å². The van der Waals surface area contributed by atoms with Crippen LogP contribution in [0.3, 0.4) is 0 Å². The molecule has 154 valence electrons. The van der Waals surface area contributed by atoms with E-state index in [-0.39, 0.29) is 11.7 Å². The predicted molar refractivity (Wildman–Crippen MR) is 121 cm³/mol. The highest BCUT2D eigenvalue weighted by molar-refractivity contribution is 7.99. The van der Waals surface area contributed by atoms with Gasteiger partial charge in [0.25, 0.3) is 5.91 Å². The number of benzene rings is 2. The van der Waals surface area contributed by atoms with Crippen LogP contribution in [0, 0.1) is 5.82 Å². The van der Waals surface area contributed by atoms with Crippen molar-refractivity contribution in [1.29, 1.82) is 0 Å². The van der Waals surface area contributed by atoms with Crippen LogP contribution in [0.5, 0.6) is 0 Å². The van der Waals surface area contributed by atoms with Crippen molar-refractivity contribution >= 4 is 44.4 Å². The Morgan fingerprint density at radius 3 is 2.73 bits per heavy atom. The third kappa shape index (κ3) is 4.71. The number of anilines is 1. The molecule has 4 rings (SSSR count). The van der Waals surface area contributed by atoms with Gasteiger partial charge in [0.05, 0.1) is 16.8 Å². The van der Waals surface area contributed by atoms with Gasteiger partial charge in [-0.2, -0.15) is 5.10 Å². The lowest BCUT2D eigenvalue weighted by atomic mass is 10.2. The largest absolute Gasteiger partial charge is 0.282 e. The molecule has 0 radical (unpaired) electrons. The van der Waals surface area contributed by atoms with Crippen molar-refractivity contribution in [3.8, 4) is 0 Å². The average Bonchev–Trinajstić information content (AvgIpc) is 3.37. The van der Waals surface area contributed by atoms with Gasteiger partial charge in [-0.25, -0.2) is 9.37 Å². The van der Waals surface area contributed by atoms with E-state index in [1.54, 1.807) is 33.6 Å². The number of thiazole rings is 1. The molecule has 2 aromatic carbocycles. The topological polar surface area (TPSA) is 51.0 Å². The molecule has 0 spiro atoms. The molecule has 0 unspecified atom stereocenters. The van der Waals surface area contributed by atoms with Crippen LogP contribution in [-0.2, 0) is 6.54 Å². The van der Waals surface area contributed by atoms with Crippen LogP contribution in [-0.4, -0.2) is 32.5 Å². The summed E-state index contributed by atoms with van der Waals surface area (Å²) in [6.07, 6.45) is 3.56. The van der Waals surface area contributed by atoms with E-state index >= 15 is 0 Å². The molecule has 0 atom stereocenters. The van der Waals surface area contributed by atoms with Crippen molar-refractivity contribution in [2.75, 3.05) is 11.4 Å². The zero-order chi connectivity index (χ0) is 21.1. The quantitative estimate of drug-likeness (QED) is 0.357. The predicted octanol–water partition coefficient (Wildman–Crippen LogP) is 5.48. The lowest BCUT2D eigenvalue weighted by Gasteiger charge is -2.20. The number of nitrogens with zero attached hydrogens (tertiary/aromatic N) is 4. The monoisotopic (exact) mass is 440 g/mol. The van der Waals surface area contributed by atoms with Crippen LogP contribution >= 0.6 is 23.1 Å². The van der Waals surface area contributed by atoms with Gasteiger partial charge in [-0.05, 0) is 48.5 Å². The van der Waals surface area contributed by atoms with E-state index in [0.717, 1.165) is 4.90 Å². The highest BCUT2D eigenvalue weighted by Gasteiger charge is 2.21. The lowest BCUT2D eigenvalue weighted by molar-refractivity contribution is 0.0985. The number of rotatable bonds is 7. The summed E-state index contributed by atoms with van der Waals surface area (Å²) in [5.74, 6) is -0.451. The zero-order valence-corrected chi connectivity index (χ0v) is 18.3. The van der Waals surface area contributed by atoms with Gasteiger partial charge in [-0.1, -0.05) is 25.2 Å². The molecule has 0 aliphatic carbocycles. The SMILES string of the molecule is CC(C)Sc1ccc(C(=O)N(CCn2cccn2)c2nc3ccc(F)cc3s2)cc1. The normalized spacial score (nSPS) is 11.3. The summed E-state index contributed by atoms with van der Waals surface area (Å²) in [7, 11) is 0. The maximum Gasteiger partial charge on any atom is 0.260 e. The molecule has 30 heavy (non-hydrogen) atoms. The number of carbonyl (C=O) groups excluding carboxylic acids is 1. The molecule has 4 aromatic rings. The van der Waals surface area contributed by atoms with Gasteiger partial charge < -0.3 is 0 Å². The minimum atomic E-state index is -0.314. The van der Waals surface area contributed by atoms with E-state index in [0.29, 0.717) is 39.3 Å². The Morgan fingerprint density at radius 2 is 2.03 bits per heavy atom. The summed E-state index contributed by atoms with van der Waals surface area (Å²) in [6.45, 7) is 5.21. The zero-order valence-electron chi connectivity index (χ0n) is 16.7. The summed E-state index contributed by atoms with van der Waals surface area (Å²) in [4.78, 5) is 20.7.